The average molecular weight is 224 g/mol. The lowest BCUT2D eigenvalue weighted by atomic mass is 10.1. The van der Waals surface area contributed by atoms with Crippen LogP contribution in [0.5, 0.6) is 5.75 Å². The molecule has 84 valence electrons. The van der Waals surface area contributed by atoms with Gasteiger partial charge >= 0.3 is 0 Å². The minimum absolute atomic E-state index is 0.297. The first-order chi connectivity index (χ1) is 8.29. The lowest BCUT2D eigenvalue weighted by Crippen LogP contribution is -2.37. The summed E-state index contributed by atoms with van der Waals surface area (Å²) in [5.41, 5.74) is 2.06. The van der Waals surface area contributed by atoms with Crippen molar-refractivity contribution in [1.29, 1.82) is 0 Å². The maximum atomic E-state index is 9.19. The molecular formula is C15H14NO+. The number of aromatic hydroxyl groups is 1. The van der Waals surface area contributed by atoms with Crippen LogP contribution in [0.3, 0.4) is 0 Å². The first-order valence-electron chi connectivity index (χ1n) is 5.52. The number of hydrogen-bond acceptors (Lipinski definition) is 1. The van der Waals surface area contributed by atoms with E-state index in [9.17, 15) is 5.11 Å². The molecule has 2 heteroatoms. The van der Waals surface area contributed by atoms with Crippen LogP contribution >= 0.6 is 0 Å². The molecule has 0 atom stereocenters. The highest BCUT2D eigenvalue weighted by Gasteiger charge is 2.06. The topological polar surface area (TPSA) is 24.1 Å². The summed E-state index contributed by atoms with van der Waals surface area (Å²) in [6.07, 6.45) is 8.31. The summed E-state index contributed by atoms with van der Waals surface area (Å²) < 4.78 is 2.05. The Morgan fingerprint density at radius 1 is 1.12 bits per heavy atom. The van der Waals surface area contributed by atoms with Gasteiger partial charge in [0.05, 0.1) is 0 Å². The Morgan fingerprint density at radius 3 is 2.59 bits per heavy atom. The quantitative estimate of drug-likeness (QED) is 0.625. The molecule has 2 rings (SSSR count). The smallest absolute Gasteiger partial charge is 0.256 e. The number of nitrogens with zero attached hydrogens (tertiary/aromatic N) is 1. The van der Waals surface area contributed by atoms with Gasteiger partial charge in [0.15, 0.2) is 12.7 Å². The van der Waals surface area contributed by atoms with Crippen LogP contribution in [0.1, 0.15) is 11.3 Å². The van der Waals surface area contributed by atoms with Crippen molar-refractivity contribution in [2.75, 3.05) is 0 Å². The van der Waals surface area contributed by atoms with Gasteiger partial charge in [-0.1, -0.05) is 12.1 Å². The molecule has 0 amide bonds. The normalized spacial score (nSPS) is 9.82. The average Bonchev–Trinajstić information content (AvgIpc) is 2.38. The van der Waals surface area contributed by atoms with Gasteiger partial charge in [0.1, 0.15) is 5.75 Å². The van der Waals surface area contributed by atoms with Gasteiger partial charge in [-0.25, -0.2) is 0 Å². The van der Waals surface area contributed by atoms with E-state index in [-0.39, 0.29) is 0 Å². The number of aromatic nitrogens is 1. The van der Waals surface area contributed by atoms with Gasteiger partial charge in [0.2, 0.25) is 0 Å². The van der Waals surface area contributed by atoms with Crippen molar-refractivity contribution in [2.45, 2.75) is 13.0 Å². The van der Waals surface area contributed by atoms with Gasteiger partial charge in [-0.2, -0.15) is 4.57 Å². The van der Waals surface area contributed by atoms with Crippen LogP contribution in [-0.2, 0) is 13.0 Å². The fourth-order valence-corrected chi connectivity index (χ4v) is 1.71. The molecule has 0 bridgehead atoms. The number of phenols is 1. The molecule has 0 unspecified atom stereocenters. The first-order valence-corrected chi connectivity index (χ1v) is 5.52. The van der Waals surface area contributed by atoms with Gasteiger partial charge in [-0.05, 0) is 29.7 Å². The van der Waals surface area contributed by atoms with Crippen LogP contribution in [0.15, 0.2) is 48.7 Å². The SMILES string of the molecule is C#Cc1cccc[n+]1CCc1ccc(O)cc1. The molecule has 0 fully saturated rings. The van der Waals surface area contributed by atoms with Crippen LogP contribution in [0.2, 0.25) is 0 Å². The maximum Gasteiger partial charge on any atom is 0.256 e. The minimum atomic E-state index is 0.297. The molecule has 0 saturated carbocycles. The van der Waals surface area contributed by atoms with E-state index in [1.165, 1.54) is 5.56 Å². The van der Waals surface area contributed by atoms with E-state index in [1.54, 1.807) is 12.1 Å². The number of benzene rings is 1. The maximum absolute atomic E-state index is 9.19. The van der Waals surface area contributed by atoms with Crippen molar-refractivity contribution in [2.24, 2.45) is 0 Å². The molecule has 0 aliphatic rings. The van der Waals surface area contributed by atoms with Crippen LogP contribution in [-0.4, -0.2) is 5.11 Å². The lowest BCUT2D eigenvalue weighted by Gasteiger charge is -2.00. The van der Waals surface area contributed by atoms with Crippen molar-refractivity contribution in [3.63, 3.8) is 0 Å². The second-order valence-corrected chi connectivity index (χ2v) is 3.84. The Bertz CT molecular complexity index is 538. The van der Waals surface area contributed by atoms with E-state index in [1.807, 2.05) is 41.1 Å². The summed E-state index contributed by atoms with van der Waals surface area (Å²) in [5, 5.41) is 9.19. The standard InChI is InChI=1S/C15H13NO/c1-2-14-5-3-4-11-16(14)12-10-13-6-8-15(17)9-7-13/h1,3-9,11H,10,12H2/p+1. The van der Waals surface area contributed by atoms with Crippen molar-refractivity contribution >= 4 is 0 Å². The van der Waals surface area contributed by atoms with Crippen molar-refractivity contribution in [3.05, 3.63) is 59.9 Å². The molecule has 1 aromatic heterocycles. The number of hydrogen-bond donors (Lipinski definition) is 1. The zero-order valence-electron chi connectivity index (χ0n) is 9.50. The predicted molar refractivity (Wildman–Crippen MR) is 66.4 cm³/mol. The van der Waals surface area contributed by atoms with E-state index in [0.717, 1.165) is 18.7 Å². The van der Waals surface area contributed by atoms with E-state index in [0.29, 0.717) is 5.75 Å². The highest BCUT2D eigenvalue weighted by molar-refractivity contribution is 5.25. The zero-order chi connectivity index (χ0) is 12.1. The highest BCUT2D eigenvalue weighted by Crippen LogP contribution is 2.09. The summed E-state index contributed by atoms with van der Waals surface area (Å²) in [7, 11) is 0. The molecule has 0 spiro atoms. The third-order valence-electron chi connectivity index (χ3n) is 2.67. The van der Waals surface area contributed by atoms with Gasteiger partial charge in [0.25, 0.3) is 5.69 Å². The largest absolute Gasteiger partial charge is 0.508 e. The van der Waals surface area contributed by atoms with E-state index >= 15 is 0 Å². The zero-order valence-corrected chi connectivity index (χ0v) is 9.50. The van der Waals surface area contributed by atoms with Gasteiger partial charge in [-0.3, -0.25) is 0 Å². The molecule has 0 saturated heterocycles. The van der Waals surface area contributed by atoms with E-state index < -0.39 is 0 Å². The van der Waals surface area contributed by atoms with Crippen molar-refractivity contribution < 1.29 is 9.67 Å². The summed E-state index contributed by atoms with van der Waals surface area (Å²) >= 11 is 0. The fraction of sp³-hybridized carbons (Fsp3) is 0.133. The van der Waals surface area contributed by atoms with Crippen LogP contribution in [0.4, 0.5) is 0 Å². The van der Waals surface area contributed by atoms with Gasteiger partial charge in [-0.15, -0.1) is 6.42 Å². The Kier molecular flexibility index (Phi) is 3.42. The molecule has 2 nitrogen and oxygen atoms in total. The number of terminal acetylenes is 1. The van der Waals surface area contributed by atoms with Gasteiger partial charge in [0, 0.05) is 18.6 Å². The summed E-state index contributed by atoms with van der Waals surface area (Å²) in [6.45, 7) is 0.838. The Hall–Kier alpha value is -2.27. The first kappa shape index (κ1) is 11.2. The number of rotatable bonds is 3. The summed E-state index contributed by atoms with van der Waals surface area (Å²) in [4.78, 5) is 0. The molecule has 17 heavy (non-hydrogen) atoms. The van der Waals surface area contributed by atoms with Crippen molar-refractivity contribution in [1.82, 2.24) is 0 Å². The number of aryl methyl sites for hydroxylation is 2. The summed E-state index contributed by atoms with van der Waals surface area (Å²) in [5.74, 6) is 2.96. The molecule has 1 aromatic carbocycles. The molecule has 1 N–H and O–H groups in total. The number of pyridine rings is 1. The van der Waals surface area contributed by atoms with Crippen LogP contribution in [0, 0.1) is 12.3 Å². The second kappa shape index (κ2) is 5.18. The highest BCUT2D eigenvalue weighted by atomic mass is 16.3. The van der Waals surface area contributed by atoms with Crippen LogP contribution in [0.25, 0.3) is 0 Å². The monoisotopic (exact) mass is 224 g/mol. The molecule has 0 radical (unpaired) electrons. The Balaban J connectivity index is 2.08. The fourth-order valence-electron chi connectivity index (χ4n) is 1.71. The van der Waals surface area contributed by atoms with Crippen LogP contribution < -0.4 is 4.57 Å². The molecule has 0 aliphatic carbocycles. The van der Waals surface area contributed by atoms with Crippen molar-refractivity contribution in [3.8, 4) is 18.1 Å². The number of phenolic OH excluding ortho intramolecular Hbond substituents is 1. The third-order valence-corrected chi connectivity index (χ3v) is 2.67. The molecule has 0 aliphatic heterocycles. The third kappa shape index (κ3) is 2.85. The summed E-state index contributed by atoms with van der Waals surface area (Å²) in [6, 6.07) is 13.1. The molecule has 1 heterocycles. The Morgan fingerprint density at radius 2 is 1.88 bits per heavy atom. The van der Waals surface area contributed by atoms with E-state index in [4.69, 9.17) is 6.42 Å². The van der Waals surface area contributed by atoms with Gasteiger partial charge < -0.3 is 5.11 Å². The Labute approximate surface area is 101 Å². The predicted octanol–water partition coefficient (Wildman–Crippen LogP) is 1.90. The van der Waals surface area contributed by atoms with E-state index in [2.05, 4.69) is 5.92 Å². The second-order valence-electron chi connectivity index (χ2n) is 3.84. The molecular weight excluding hydrogens is 210 g/mol. The minimum Gasteiger partial charge on any atom is -0.508 e. The lowest BCUT2D eigenvalue weighted by molar-refractivity contribution is -0.698. The molecule has 2 aromatic rings.